The van der Waals surface area contributed by atoms with Crippen molar-refractivity contribution in [3.8, 4) is 6.07 Å². The topological polar surface area (TPSA) is 84.0 Å². The Kier molecular flexibility index (Phi) is 3.45. The normalized spacial score (nSPS) is 23.3. The van der Waals surface area contributed by atoms with Gasteiger partial charge in [-0.1, -0.05) is 0 Å². The van der Waals surface area contributed by atoms with Crippen LogP contribution in [0, 0.1) is 11.3 Å². The minimum Gasteiger partial charge on any atom is -0.384 e. The zero-order chi connectivity index (χ0) is 12.3. The zero-order valence-corrected chi connectivity index (χ0v) is 9.81. The van der Waals surface area contributed by atoms with Gasteiger partial charge in [0.1, 0.15) is 11.9 Å². The van der Waals surface area contributed by atoms with E-state index in [2.05, 4.69) is 16.4 Å². The number of rotatable bonds is 3. The van der Waals surface area contributed by atoms with E-state index < -0.39 is 0 Å². The van der Waals surface area contributed by atoms with E-state index in [1.54, 1.807) is 13.2 Å². The van der Waals surface area contributed by atoms with Gasteiger partial charge in [0.25, 0.3) is 0 Å². The van der Waals surface area contributed by atoms with Crippen molar-refractivity contribution in [1.29, 1.82) is 5.26 Å². The van der Waals surface area contributed by atoms with Gasteiger partial charge in [0.05, 0.1) is 23.4 Å². The highest BCUT2D eigenvalue weighted by Crippen LogP contribution is 2.26. The predicted molar refractivity (Wildman–Crippen MR) is 65.4 cm³/mol. The van der Waals surface area contributed by atoms with Crippen LogP contribution in [-0.4, -0.2) is 24.2 Å². The second kappa shape index (κ2) is 5.02. The molecule has 0 aromatic carbocycles. The molecule has 1 heterocycles. The maximum Gasteiger partial charge on any atom is 0.125 e. The molecule has 1 aromatic heterocycles. The lowest BCUT2D eigenvalue weighted by Crippen LogP contribution is -2.30. The molecule has 0 radical (unpaired) electrons. The molecule has 1 saturated carbocycles. The van der Waals surface area contributed by atoms with Crippen LogP contribution in [0.3, 0.4) is 0 Å². The highest BCUT2D eigenvalue weighted by molar-refractivity contribution is 5.61. The molecule has 3 N–H and O–H groups in total. The number of nitriles is 1. The molecule has 0 amide bonds. The number of nitrogens with two attached hydrogens (primary N) is 1. The van der Waals surface area contributed by atoms with Crippen molar-refractivity contribution in [2.24, 2.45) is 0 Å². The number of nitrogen functional groups attached to an aromatic ring is 1. The molecule has 0 unspecified atom stereocenters. The third-order valence-corrected chi connectivity index (χ3v) is 3.14. The summed E-state index contributed by atoms with van der Waals surface area (Å²) in [5.74, 6) is 0.415. The molecule has 0 spiro atoms. The monoisotopic (exact) mass is 232 g/mol. The Labute approximate surface area is 101 Å². The van der Waals surface area contributed by atoms with Gasteiger partial charge in [0.15, 0.2) is 0 Å². The number of pyridine rings is 1. The van der Waals surface area contributed by atoms with E-state index in [0.29, 0.717) is 11.4 Å². The fourth-order valence-electron chi connectivity index (χ4n) is 2.25. The third-order valence-electron chi connectivity index (χ3n) is 3.14. The van der Waals surface area contributed by atoms with Crippen molar-refractivity contribution in [1.82, 2.24) is 4.98 Å². The standard InChI is InChI=1S/C12H16N4O/c1-17-11-4-2-3-9(11)16-10-5-12(14)15-7-8(10)6-13/h5,7,9,11H,2-4H2,1H3,(H3,14,15,16)/t9-,11+/m1/s1. The van der Waals surface area contributed by atoms with Crippen molar-refractivity contribution in [3.63, 3.8) is 0 Å². The van der Waals surface area contributed by atoms with Crippen LogP contribution in [0.2, 0.25) is 0 Å². The van der Waals surface area contributed by atoms with Gasteiger partial charge in [-0.25, -0.2) is 4.98 Å². The average molecular weight is 232 g/mol. The molecule has 1 aliphatic carbocycles. The Balaban J connectivity index is 2.18. The van der Waals surface area contributed by atoms with Gasteiger partial charge in [0, 0.05) is 19.4 Å². The fraction of sp³-hybridized carbons (Fsp3) is 0.500. The summed E-state index contributed by atoms with van der Waals surface area (Å²) < 4.78 is 5.41. The third kappa shape index (κ3) is 2.48. The average Bonchev–Trinajstić information content (AvgIpc) is 2.77. The van der Waals surface area contributed by atoms with Crippen LogP contribution in [0.5, 0.6) is 0 Å². The number of methoxy groups -OCH3 is 1. The molecule has 0 saturated heterocycles. The van der Waals surface area contributed by atoms with Crippen LogP contribution in [0.25, 0.3) is 0 Å². The summed E-state index contributed by atoms with van der Waals surface area (Å²) in [5.41, 5.74) is 6.89. The highest BCUT2D eigenvalue weighted by atomic mass is 16.5. The number of hydrogen-bond acceptors (Lipinski definition) is 5. The molecule has 1 fully saturated rings. The van der Waals surface area contributed by atoms with Gasteiger partial charge in [-0.15, -0.1) is 0 Å². The smallest absolute Gasteiger partial charge is 0.125 e. The minimum atomic E-state index is 0.205. The van der Waals surface area contributed by atoms with E-state index in [1.807, 2.05) is 0 Å². The molecular formula is C12H16N4O. The van der Waals surface area contributed by atoms with Gasteiger partial charge < -0.3 is 15.8 Å². The maximum absolute atomic E-state index is 9.00. The van der Waals surface area contributed by atoms with Crippen LogP contribution in [0.15, 0.2) is 12.3 Å². The number of hydrogen-bond donors (Lipinski definition) is 2. The van der Waals surface area contributed by atoms with Crippen molar-refractivity contribution < 1.29 is 4.74 Å². The molecule has 17 heavy (non-hydrogen) atoms. The predicted octanol–water partition coefficient (Wildman–Crippen LogP) is 1.51. The molecule has 1 aromatic rings. The van der Waals surface area contributed by atoms with Gasteiger partial charge in [-0.3, -0.25) is 0 Å². The zero-order valence-electron chi connectivity index (χ0n) is 9.81. The first kappa shape index (κ1) is 11.7. The fourth-order valence-corrected chi connectivity index (χ4v) is 2.25. The Morgan fingerprint density at radius 1 is 1.59 bits per heavy atom. The second-order valence-electron chi connectivity index (χ2n) is 4.22. The maximum atomic E-state index is 9.00. The lowest BCUT2D eigenvalue weighted by atomic mass is 10.1. The summed E-state index contributed by atoms with van der Waals surface area (Å²) in [6, 6.07) is 4.05. The van der Waals surface area contributed by atoms with Crippen molar-refractivity contribution >= 4 is 11.5 Å². The van der Waals surface area contributed by atoms with Crippen molar-refractivity contribution in [2.75, 3.05) is 18.2 Å². The minimum absolute atomic E-state index is 0.205. The molecule has 2 atom stereocenters. The number of ether oxygens (including phenoxy) is 1. The number of nitrogens with one attached hydrogen (secondary N) is 1. The molecule has 2 rings (SSSR count). The molecule has 90 valence electrons. The number of anilines is 2. The second-order valence-corrected chi connectivity index (χ2v) is 4.22. The molecule has 5 heteroatoms. The van der Waals surface area contributed by atoms with E-state index in [-0.39, 0.29) is 12.1 Å². The quantitative estimate of drug-likeness (QED) is 0.825. The van der Waals surface area contributed by atoms with Gasteiger partial charge in [-0.05, 0) is 19.3 Å². The highest BCUT2D eigenvalue weighted by Gasteiger charge is 2.27. The van der Waals surface area contributed by atoms with E-state index in [9.17, 15) is 0 Å². The lowest BCUT2D eigenvalue weighted by molar-refractivity contribution is 0.101. The number of aromatic nitrogens is 1. The molecule has 0 bridgehead atoms. The van der Waals surface area contributed by atoms with Gasteiger partial charge in [0.2, 0.25) is 0 Å². The Morgan fingerprint density at radius 2 is 2.41 bits per heavy atom. The molecule has 5 nitrogen and oxygen atoms in total. The van der Waals surface area contributed by atoms with E-state index in [0.717, 1.165) is 24.9 Å². The summed E-state index contributed by atoms with van der Waals surface area (Å²) in [6.07, 6.45) is 4.94. The molecular weight excluding hydrogens is 216 g/mol. The first-order chi connectivity index (χ1) is 8.24. The first-order valence-electron chi connectivity index (χ1n) is 5.69. The summed E-state index contributed by atoms with van der Waals surface area (Å²) in [4.78, 5) is 3.91. The van der Waals surface area contributed by atoms with Gasteiger partial charge in [-0.2, -0.15) is 5.26 Å². The Hall–Kier alpha value is -1.80. The van der Waals surface area contributed by atoms with Crippen LogP contribution in [0.4, 0.5) is 11.5 Å². The molecule has 0 aliphatic heterocycles. The van der Waals surface area contributed by atoms with Gasteiger partial charge >= 0.3 is 0 Å². The first-order valence-corrected chi connectivity index (χ1v) is 5.69. The van der Waals surface area contributed by atoms with E-state index in [1.165, 1.54) is 6.20 Å². The summed E-state index contributed by atoms with van der Waals surface area (Å²) >= 11 is 0. The molecule has 1 aliphatic rings. The van der Waals surface area contributed by atoms with E-state index >= 15 is 0 Å². The SMILES string of the molecule is CO[C@H]1CCC[C@H]1Nc1cc(N)ncc1C#N. The summed E-state index contributed by atoms with van der Waals surface area (Å²) in [5, 5.41) is 12.3. The Morgan fingerprint density at radius 3 is 3.12 bits per heavy atom. The summed E-state index contributed by atoms with van der Waals surface area (Å²) in [7, 11) is 1.72. The summed E-state index contributed by atoms with van der Waals surface area (Å²) in [6.45, 7) is 0. The van der Waals surface area contributed by atoms with Crippen LogP contribution in [-0.2, 0) is 4.74 Å². The largest absolute Gasteiger partial charge is 0.384 e. The van der Waals surface area contributed by atoms with Crippen molar-refractivity contribution in [3.05, 3.63) is 17.8 Å². The van der Waals surface area contributed by atoms with Crippen LogP contribution >= 0.6 is 0 Å². The number of nitrogens with zero attached hydrogens (tertiary/aromatic N) is 2. The Bertz CT molecular complexity index is 441. The lowest BCUT2D eigenvalue weighted by Gasteiger charge is -2.21. The van der Waals surface area contributed by atoms with Crippen LogP contribution in [0.1, 0.15) is 24.8 Å². The van der Waals surface area contributed by atoms with Crippen LogP contribution < -0.4 is 11.1 Å². The van der Waals surface area contributed by atoms with Crippen molar-refractivity contribution in [2.45, 2.75) is 31.4 Å². The van der Waals surface area contributed by atoms with E-state index in [4.69, 9.17) is 15.7 Å².